The summed E-state index contributed by atoms with van der Waals surface area (Å²) in [6.45, 7) is 1.39. The number of amides is 1. The Morgan fingerprint density at radius 2 is 2.09 bits per heavy atom. The summed E-state index contributed by atoms with van der Waals surface area (Å²) in [6.07, 6.45) is 0. The monoisotopic (exact) mass is 168 g/mol. The van der Waals surface area contributed by atoms with Crippen LogP contribution in [0.2, 0.25) is 5.02 Å². The molecule has 1 aromatic rings. The van der Waals surface area contributed by atoms with E-state index in [4.69, 9.17) is 11.6 Å². The molecular weight excluding hydrogens is 162 g/mol. The van der Waals surface area contributed by atoms with E-state index in [0.717, 1.165) is 0 Å². The summed E-state index contributed by atoms with van der Waals surface area (Å²) in [5.74, 6) is -0.238. The van der Waals surface area contributed by atoms with Gasteiger partial charge in [-0.2, -0.15) is 0 Å². The number of carbonyl (C=O) groups is 1. The fraction of sp³-hybridized carbons (Fsp3) is 0.125. The fourth-order valence-electron chi connectivity index (χ4n) is 0.712. The lowest BCUT2D eigenvalue weighted by Gasteiger charge is -1.98. The van der Waals surface area contributed by atoms with Crippen molar-refractivity contribution in [2.75, 3.05) is 0 Å². The van der Waals surface area contributed by atoms with Gasteiger partial charge in [0.15, 0.2) is 0 Å². The molecule has 1 aromatic carbocycles. The highest BCUT2D eigenvalue weighted by atomic mass is 35.5. The highest BCUT2D eigenvalue weighted by Gasteiger charge is 2.00. The summed E-state index contributed by atoms with van der Waals surface area (Å²) in [5, 5.41) is 4.19. The van der Waals surface area contributed by atoms with Gasteiger partial charge in [-0.15, -0.1) is 0 Å². The molecule has 0 bridgehead atoms. The van der Waals surface area contributed by atoms with Gasteiger partial charge >= 0.3 is 0 Å². The quantitative estimate of drug-likeness (QED) is 0.632. The van der Waals surface area contributed by atoms with E-state index in [1.165, 1.54) is 6.92 Å². The highest BCUT2D eigenvalue weighted by molar-refractivity contribution is 6.33. The first kappa shape index (κ1) is 8.08. The molecule has 1 rings (SSSR count). The van der Waals surface area contributed by atoms with Crippen molar-refractivity contribution in [2.45, 2.75) is 6.92 Å². The third-order valence-corrected chi connectivity index (χ3v) is 1.45. The Hall–Kier alpha value is -1.02. The van der Waals surface area contributed by atoms with E-state index < -0.39 is 0 Å². The van der Waals surface area contributed by atoms with Crippen LogP contribution in [0.1, 0.15) is 6.92 Å². The van der Waals surface area contributed by atoms with Gasteiger partial charge in [-0.05, 0) is 12.1 Å². The zero-order chi connectivity index (χ0) is 8.27. The topological polar surface area (TPSA) is 31.2 Å². The van der Waals surface area contributed by atoms with Gasteiger partial charge in [0.25, 0.3) is 0 Å². The van der Waals surface area contributed by atoms with E-state index in [1.54, 1.807) is 24.3 Å². The van der Waals surface area contributed by atoms with E-state index in [0.29, 0.717) is 10.7 Å². The second-order valence-corrected chi connectivity index (χ2v) is 2.49. The molecule has 0 heterocycles. The van der Waals surface area contributed by atoms with E-state index in [-0.39, 0.29) is 5.91 Å². The molecule has 0 fully saturated rings. The molecule has 57 valence electrons. The summed E-state index contributed by atoms with van der Waals surface area (Å²) in [7, 11) is 0. The number of halogens is 1. The van der Waals surface area contributed by atoms with Crippen molar-refractivity contribution in [1.82, 2.24) is 5.32 Å². The first-order valence-corrected chi connectivity index (χ1v) is 3.55. The maximum Gasteiger partial charge on any atom is 0.243 e. The van der Waals surface area contributed by atoms with Crippen LogP contribution in [-0.2, 0) is 4.79 Å². The average Bonchev–Trinajstić information content (AvgIpc) is 1.93. The molecule has 3 heteroatoms. The van der Waals surface area contributed by atoms with Crippen LogP contribution in [0.25, 0.3) is 0 Å². The molecular formula is C8H7ClNO. The molecule has 0 saturated carbocycles. The van der Waals surface area contributed by atoms with Crippen molar-refractivity contribution >= 4 is 23.2 Å². The standard InChI is InChI=1S/C8H7ClNO/c1-6(11)10-8-5-3-2-4-7(8)9/h2-5H,1H3. The molecule has 2 nitrogen and oxygen atoms in total. The largest absolute Gasteiger partial charge is 0.273 e. The highest BCUT2D eigenvalue weighted by Crippen LogP contribution is 2.20. The Labute approximate surface area is 70.2 Å². The van der Waals surface area contributed by atoms with Gasteiger partial charge in [0, 0.05) is 6.92 Å². The first-order valence-electron chi connectivity index (χ1n) is 3.17. The molecule has 0 aliphatic carbocycles. The number of hydrogen-bond acceptors (Lipinski definition) is 1. The molecule has 0 atom stereocenters. The number of nitrogens with zero attached hydrogens (tertiary/aromatic N) is 1. The van der Waals surface area contributed by atoms with Crippen molar-refractivity contribution in [1.29, 1.82) is 0 Å². The lowest BCUT2D eigenvalue weighted by atomic mass is 10.3. The molecule has 0 spiro atoms. The Morgan fingerprint density at radius 1 is 1.45 bits per heavy atom. The number of para-hydroxylation sites is 1. The van der Waals surface area contributed by atoms with Gasteiger partial charge in [0.2, 0.25) is 5.91 Å². The zero-order valence-corrected chi connectivity index (χ0v) is 6.80. The van der Waals surface area contributed by atoms with Crippen LogP contribution >= 0.6 is 11.6 Å². The second-order valence-electron chi connectivity index (χ2n) is 2.08. The normalized spacial score (nSPS) is 9.27. The van der Waals surface area contributed by atoms with E-state index in [2.05, 4.69) is 5.32 Å². The lowest BCUT2D eigenvalue weighted by Crippen LogP contribution is -2.04. The predicted octanol–water partition coefficient (Wildman–Crippen LogP) is 2.12. The Bertz CT molecular complexity index is 273. The number of rotatable bonds is 1. The first-order chi connectivity index (χ1) is 5.20. The van der Waals surface area contributed by atoms with Gasteiger partial charge in [-0.25, -0.2) is 5.32 Å². The Balaban J connectivity index is 2.86. The molecule has 0 saturated heterocycles. The molecule has 0 aliphatic heterocycles. The summed E-state index contributed by atoms with van der Waals surface area (Å²) >= 11 is 5.72. The van der Waals surface area contributed by atoms with E-state index in [1.807, 2.05) is 0 Å². The molecule has 1 amide bonds. The summed E-state index contributed by atoms with van der Waals surface area (Å²) in [4.78, 5) is 10.5. The summed E-state index contributed by atoms with van der Waals surface area (Å²) < 4.78 is 0. The Kier molecular flexibility index (Phi) is 2.49. The van der Waals surface area contributed by atoms with E-state index in [9.17, 15) is 4.79 Å². The van der Waals surface area contributed by atoms with Gasteiger partial charge in [0.1, 0.15) is 0 Å². The molecule has 1 radical (unpaired) electrons. The van der Waals surface area contributed by atoms with Crippen LogP contribution in [-0.4, -0.2) is 5.91 Å². The van der Waals surface area contributed by atoms with Gasteiger partial charge < -0.3 is 0 Å². The second kappa shape index (κ2) is 3.39. The minimum absolute atomic E-state index is 0.238. The molecule has 0 aliphatic rings. The third kappa shape index (κ3) is 2.24. The Morgan fingerprint density at radius 3 is 2.64 bits per heavy atom. The van der Waals surface area contributed by atoms with Crippen LogP contribution in [0.3, 0.4) is 0 Å². The molecule has 11 heavy (non-hydrogen) atoms. The van der Waals surface area contributed by atoms with Crippen molar-refractivity contribution in [3.63, 3.8) is 0 Å². The van der Waals surface area contributed by atoms with Gasteiger partial charge in [0.05, 0.1) is 10.7 Å². The lowest BCUT2D eigenvalue weighted by molar-refractivity contribution is -0.118. The summed E-state index contributed by atoms with van der Waals surface area (Å²) in [6, 6.07) is 6.97. The van der Waals surface area contributed by atoms with Crippen molar-refractivity contribution < 1.29 is 4.79 Å². The molecule has 0 N–H and O–H groups in total. The fourth-order valence-corrected chi connectivity index (χ4v) is 0.890. The maximum atomic E-state index is 10.5. The van der Waals surface area contributed by atoms with Crippen LogP contribution in [0.4, 0.5) is 5.69 Å². The third-order valence-electron chi connectivity index (χ3n) is 1.13. The number of benzene rings is 1. The SMILES string of the molecule is CC(=O)[N]c1ccccc1Cl. The minimum Gasteiger partial charge on any atom is -0.273 e. The maximum absolute atomic E-state index is 10.5. The van der Waals surface area contributed by atoms with Crippen LogP contribution in [0.15, 0.2) is 24.3 Å². The zero-order valence-electron chi connectivity index (χ0n) is 6.04. The van der Waals surface area contributed by atoms with Crippen LogP contribution in [0.5, 0.6) is 0 Å². The average molecular weight is 169 g/mol. The van der Waals surface area contributed by atoms with Crippen molar-refractivity contribution in [2.24, 2.45) is 0 Å². The molecule has 0 unspecified atom stereocenters. The number of carbonyl (C=O) groups excluding carboxylic acids is 1. The smallest absolute Gasteiger partial charge is 0.243 e. The van der Waals surface area contributed by atoms with Crippen molar-refractivity contribution in [3.05, 3.63) is 29.3 Å². The predicted molar refractivity (Wildman–Crippen MR) is 43.9 cm³/mol. The molecule has 0 aromatic heterocycles. The van der Waals surface area contributed by atoms with Crippen LogP contribution < -0.4 is 5.32 Å². The van der Waals surface area contributed by atoms with Crippen molar-refractivity contribution in [3.8, 4) is 0 Å². The van der Waals surface area contributed by atoms with Crippen LogP contribution in [0, 0.1) is 0 Å². The van der Waals surface area contributed by atoms with E-state index >= 15 is 0 Å². The number of hydrogen-bond donors (Lipinski definition) is 0. The minimum atomic E-state index is -0.238. The summed E-state index contributed by atoms with van der Waals surface area (Å²) in [5.41, 5.74) is 0.529. The van der Waals surface area contributed by atoms with Gasteiger partial charge in [-0.3, -0.25) is 4.79 Å². The van der Waals surface area contributed by atoms with Gasteiger partial charge in [-0.1, -0.05) is 23.7 Å².